The lowest BCUT2D eigenvalue weighted by atomic mass is 10.0. The Hall–Kier alpha value is -1.24. The van der Waals surface area contributed by atoms with E-state index in [9.17, 15) is 0 Å². The van der Waals surface area contributed by atoms with Crippen molar-refractivity contribution in [3.05, 3.63) is 35.9 Å². The molecule has 0 amide bonds. The van der Waals surface area contributed by atoms with Gasteiger partial charge in [-0.1, -0.05) is 30.9 Å². The highest BCUT2D eigenvalue weighted by Gasteiger charge is 2.30. The first-order valence-electron chi connectivity index (χ1n) is 4.56. The van der Waals surface area contributed by atoms with Crippen molar-refractivity contribution < 1.29 is 4.74 Å². The van der Waals surface area contributed by atoms with Crippen LogP contribution in [0.4, 0.5) is 0 Å². The first kappa shape index (κ1) is 8.36. The third-order valence-electron chi connectivity index (χ3n) is 2.34. The standard InChI is InChI=1S/C12H14O/c1-4-9-6-5-7-10-8-12(2,3)13-11(9)10/h4-7H,1,8H2,2-3H3. The minimum Gasteiger partial charge on any atom is -0.487 e. The maximum atomic E-state index is 5.85. The molecule has 1 aromatic rings. The van der Waals surface area contributed by atoms with Crippen LogP contribution in [0, 0.1) is 0 Å². The molecule has 0 saturated carbocycles. The average Bonchev–Trinajstić information content (AvgIpc) is 2.37. The Balaban J connectivity index is 2.51. The van der Waals surface area contributed by atoms with Crippen LogP contribution in [0.15, 0.2) is 24.8 Å². The van der Waals surface area contributed by atoms with Gasteiger partial charge >= 0.3 is 0 Å². The Morgan fingerprint density at radius 2 is 2.23 bits per heavy atom. The van der Waals surface area contributed by atoms with Crippen LogP contribution in [0.25, 0.3) is 6.08 Å². The summed E-state index contributed by atoms with van der Waals surface area (Å²) in [7, 11) is 0. The van der Waals surface area contributed by atoms with Crippen LogP contribution in [0.2, 0.25) is 0 Å². The molecule has 1 heterocycles. The Labute approximate surface area is 79.0 Å². The molecule has 0 atom stereocenters. The first-order chi connectivity index (χ1) is 6.12. The van der Waals surface area contributed by atoms with Crippen LogP contribution in [-0.2, 0) is 6.42 Å². The molecule has 0 radical (unpaired) electrons. The first-order valence-corrected chi connectivity index (χ1v) is 4.56. The van der Waals surface area contributed by atoms with Crippen LogP contribution in [0.5, 0.6) is 5.75 Å². The lowest BCUT2D eigenvalue weighted by Crippen LogP contribution is -2.24. The van der Waals surface area contributed by atoms with Gasteiger partial charge < -0.3 is 4.74 Å². The number of fused-ring (bicyclic) bond motifs is 1. The second-order valence-electron chi connectivity index (χ2n) is 4.08. The molecular weight excluding hydrogens is 160 g/mol. The predicted molar refractivity (Wildman–Crippen MR) is 54.9 cm³/mol. The fraction of sp³-hybridized carbons (Fsp3) is 0.333. The Kier molecular flexibility index (Phi) is 1.69. The van der Waals surface area contributed by atoms with E-state index in [1.54, 1.807) is 0 Å². The number of benzene rings is 1. The van der Waals surface area contributed by atoms with E-state index in [2.05, 4.69) is 32.6 Å². The minimum atomic E-state index is -0.0541. The summed E-state index contributed by atoms with van der Waals surface area (Å²) in [6, 6.07) is 6.21. The van der Waals surface area contributed by atoms with Gasteiger partial charge in [-0.15, -0.1) is 0 Å². The van der Waals surface area contributed by atoms with Gasteiger partial charge in [0.1, 0.15) is 11.4 Å². The van der Waals surface area contributed by atoms with Crippen molar-refractivity contribution in [3.63, 3.8) is 0 Å². The molecule has 1 aliphatic heterocycles. The van der Waals surface area contributed by atoms with E-state index < -0.39 is 0 Å². The minimum absolute atomic E-state index is 0.0541. The van der Waals surface area contributed by atoms with Gasteiger partial charge in [-0.3, -0.25) is 0 Å². The normalized spacial score (nSPS) is 17.7. The number of hydrogen-bond acceptors (Lipinski definition) is 1. The smallest absolute Gasteiger partial charge is 0.130 e. The van der Waals surface area contributed by atoms with Gasteiger partial charge in [0.2, 0.25) is 0 Å². The quantitative estimate of drug-likeness (QED) is 0.635. The highest BCUT2D eigenvalue weighted by Crippen LogP contribution is 2.37. The number of para-hydroxylation sites is 1. The molecule has 0 unspecified atom stereocenters. The zero-order chi connectivity index (χ0) is 9.47. The summed E-state index contributed by atoms with van der Waals surface area (Å²) < 4.78 is 5.85. The van der Waals surface area contributed by atoms with Gasteiger partial charge in [0.15, 0.2) is 0 Å². The molecule has 1 nitrogen and oxygen atoms in total. The molecule has 13 heavy (non-hydrogen) atoms. The Bertz CT molecular complexity index is 350. The van der Waals surface area contributed by atoms with Crippen molar-refractivity contribution in [2.75, 3.05) is 0 Å². The molecule has 0 fully saturated rings. The van der Waals surface area contributed by atoms with Gasteiger partial charge in [-0.25, -0.2) is 0 Å². The third-order valence-corrected chi connectivity index (χ3v) is 2.34. The molecule has 0 N–H and O–H groups in total. The third kappa shape index (κ3) is 1.35. The van der Waals surface area contributed by atoms with Gasteiger partial charge in [-0.05, 0) is 19.4 Å². The second kappa shape index (κ2) is 2.63. The molecule has 1 aliphatic rings. The summed E-state index contributed by atoms with van der Waals surface area (Å²) in [5.74, 6) is 1.02. The summed E-state index contributed by atoms with van der Waals surface area (Å²) in [6.45, 7) is 8.00. The maximum Gasteiger partial charge on any atom is 0.130 e. The van der Waals surface area contributed by atoms with Crippen molar-refractivity contribution in [2.45, 2.75) is 25.9 Å². The predicted octanol–water partition coefficient (Wildman–Crippen LogP) is 3.04. The van der Waals surface area contributed by atoms with E-state index >= 15 is 0 Å². The van der Waals surface area contributed by atoms with Crippen molar-refractivity contribution in [2.24, 2.45) is 0 Å². The monoisotopic (exact) mass is 174 g/mol. The van der Waals surface area contributed by atoms with E-state index in [1.807, 2.05) is 12.1 Å². The largest absolute Gasteiger partial charge is 0.487 e. The SMILES string of the molecule is C=Cc1cccc2c1OC(C)(C)C2. The van der Waals surface area contributed by atoms with Crippen LogP contribution >= 0.6 is 0 Å². The van der Waals surface area contributed by atoms with Crippen LogP contribution in [-0.4, -0.2) is 5.60 Å². The second-order valence-corrected chi connectivity index (χ2v) is 4.08. The van der Waals surface area contributed by atoms with Gasteiger partial charge in [0.05, 0.1) is 0 Å². The summed E-state index contributed by atoms with van der Waals surface area (Å²) in [5.41, 5.74) is 2.34. The van der Waals surface area contributed by atoms with Crippen LogP contribution in [0.3, 0.4) is 0 Å². The zero-order valence-electron chi connectivity index (χ0n) is 8.13. The molecule has 0 bridgehead atoms. The summed E-state index contributed by atoms with van der Waals surface area (Å²) in [5, 5.41) is 0. The number of ether oxygens (including phenoxy) is 1. The fourth-order valence-electron chi connectivity index (χ4n) is 1.80. The lowest BCUT2D eigenvalue weighted by molar-refractivity contribution is 0.138. The number of hydrogen-bond donors (Lipinski definition) is 0. The van der Waals surface area contributed by atoms with Gasteiger partial charge in [0.25, 0.3) is 0 Å². The molecule has 0 spiro atoms. The molecule has 68 valence electrons. The van der Waals surface area contributed by atoms with E-state index in [-0.39, 0.29) is 5.60 Å². The zero-order valence-corrected chi connectivity index (χ0v) is 8.13. The fourth-order valence-corrected chi connectivity index (χ4v) is 1.80. The van der Waals surface area contributed by atoms with Gasteiger partial charge in [0, 0.05) is 12.0 Å². The van der Waals surface area contributed by atoms with E-state index in [0.29, 0.717) is 0 Å². The summed E-state index contributed by atoms with van der Waals surface area (Å²) >= 11 is 0. The highest BCUT2D eigenvalue weighted by atomic mass is 16.5. The van der Waals surface area contributed by atoms with Crippen molar-refractivity contribution in [1.82, 2.24) is 0 Å². The van der Waals surface area contributed by atoms with Crippen molar-refractivity contribution >= 4 is 6.08 Å². The lowest BCUT2D eigenvalue weighted by Gasteiger charge is -2.17. The Morgan fingerprint density at radius 1 is 1.46 bits per heavy atom. The molecule has 1 aromatic carbocycles. The van der Waals surface area contributed by atoms with E-state index in [0.717, 1.165) is 17.7 Å². The molecule has 0 saturated heterocycles. The van der Waals surface area contributed by atoms with E-state index in [4.69, 9.17) is 4.74 Å². The molecule has 0 aromatic heterocycles. The maximum absolute atomic E-state index is 5.85. The van der Waals surface area contributed by atoms with E-state index in [1.165, 1.54) is 5.56 Å². The number of rotatable bonds is 1. The van der Waals surface area contributed by atoms with Gasteiger partial charge in [-0.2, -0.15) is 0 Å². The molecule has 0 aliphatic carbocycles. The molecular formula is C12H14O. The highest BCUT2D eigenvalue weighted by molar-refractivity contribution is 5.60. The van der Waals surface area contributed by atoms with Crippen LogP contribution in [0.1, 0.15) is 25.0 Å². The van der Waals surface area contributed by atoms with Crippen molar-refractivity contribution in [3.8, 4) is 5.75 Å². The van der Waals surface area contributed by atoms with Crippen LogP contribution < -0.4 is 4.74 Å². The molecule has 1 heteroatoms. The van der Waals surface area contributed by atoms with Crippen molar-refractivity contribution in [1.29, 1.82) is 0 Å². The Morgan fingerprint density at radius 3 is 2.92 bits per heavy atom. The topological polar surface area (TPSA) is 9.23 Å². The average molecular weight is 174 g/mol. The molecule has 2 rings (SSSR count). The summed E-state index contributed by atoms with van der Waals surface area (Å²) in [6.07, 6.45) is 2.84. The summed E-state index contributed by atoms with van der Waals surface area (Å²) in [4.78, 5) is 0.